The molecule has 11 aromatic rings. The van der Waals surface area contributed by atoms with E-state index in [0.29, 0.717) is 11.0 Å². The van der Waals surface area contributed by atoms with E-state index in [0.717, 1.165) is 49.0 Å². The lowest BCUT2D eigenvalue weighted by Gasteiger charge is -2.10. The van der Waals surface area contributed by atoms with Gasteiger partial charge in [-0.05, 0) is 88.2 Å². The quantitative estimate of drug-likeness (QED) is 0.192. The molecule has 0 spiro atoms. The first kappa shape index (κ1) is 18.0. The third kappa shape index (κ3) is 3.40. The number of fused-ring (bicyclic) bond motifs is 12. The number of furan rings is 1. The van der Waals surface area contributed by atoms with E-state index in [1.807, 2.05) is 59.2 Å². The highest BCUT2D eigenvalue weighted by molar-refractivity contribution is 6.25. The summed E-state index contributed by atoms with van der Waals surface area (Å²) in [5.41, 5.74) is 4.05. The van der Waals surface area contributed by atoms with E-state index >= 15 is 0 Å². The summed E-state index contributed by atoms with van der Waals surface area (Å²) < 4.78 is 90.5. The highest BCUT2D eigenvalue weighted by Gasteiger charge is 2.20. The molecule has 0 aliphatic rings. The maximum absolute atomic E-state index is 9.78. The summed E-state index contributed by atoms with van der Waals surface area (Å²) in [4.78, 5) is 0. The van der Waals surface area contributed by atoms with Gasteiger partial charge < -0.3 is 13.6 Å². The monoisotopic (exact) mass is 607 g/mol. The lowest BCUT2D eigenvalue weighted by molar-refractivity contribution is 0.669. The molecule has 0 aliphatic carbocycles. The highest BCUT2D eigenvalue weighted by atomic mass is 16.3. The van der Waals surface area contributed by atoms with Gasteiger partial charge in [0.2, 0.25) is 0 Å². The Labute approximate surface area is 281 Å². The summed E-state index contributed by atoms with van der Waals surface area (Å²) in [6.45, 7) is 0. The smallest absolute Gasteiger partial charge is 0.136 e. The highest BCUT2D eigenvalue weighted by Crippen LogP contribution is 2.42. The van der Waals surface area contributed by atoms with Crippen LogP contribution in [0, 0.1) is 0 Å². The van der Waals surface area contributed by atoms with Crippen molar-refractivity contribution in [3.63, 3.8) is 0 Å². The van der Waals surface area contributed by atoms with Gasteiger partial charge in [0.05, 0.1) is 34.4 Å². The second-order valence-electron chi connectivity index (χ2n) is 11.8. The Kier molecular flexibility index (Phi) is 3.49. The fourth-order valence-electron chi connectivity index (χ4n) is 7.31. The number of nitrogens with zero attached hydrogens (tertiary/aromatic N) is 2. The average Bonchev–Trinajstić information content (AvgIpc) is 3.88. The van der Waals surface area contributed by atoms with E-state index in [1.165, 1.54) is 0 Å². The SMILES string of the molecule is [2H]c1c(-n2c3ccccc3c3cc4c5c6ccccc6ccc5n(-c5ccccc5)c4cc32)c([2H])c2c(oc3c([2H])c4c([2H])c([2H])c([2H])c([2H])c4c([2H])c32)c1[2H]. The van der Waals surface area contributed by atoms with Crippen LogP contribution in [-0.4, -0.2) is 9.13 Å². The third-order valence-corrected chi connectivity index (χ3v) is 9.31. The lowest BCUT2D eigenvalue weighted by atomic mass is 10.0. The van der Waals surface area contributed by atoms with E-state index < -0.39 is 24.2 Å². The Balaban J connectivity index is 1.33. The third-order valence-electron chi connectivity index (χ3n) is 9.31. The molecule has 0 saturated heterocycles. The standard InChI is InChI=1S/C44H26N2O/c1-2-13-30(14-3-1)45-39-20-18-27-10-6-7-15-32(27)44(39)37-25-34-33-16-8-9-17-38(33)46(40(34)26-41(37)45)31-19-21-42-36(24-31)35-22-28-11-4-5-12-29(28)23-43(35)47-42/h1-26H/i4D,5D,11D,12D,19D,21D,22D,23D,24D. The first-order valence-electron chi connectivity index (χ1n) is 19.9. The summed E-state index contributed by atoms with van der Waals surface area (Å²) in [5.74, 6) is 0. The molecule has 0 radical (unpaired) electrons. The van der Waals surface area contributed by atoms with Gasteiger partial charge in [0.15, 0.2) is 0 Å². The van der Waals surface area contributed by atoms with Crippen LogP contribution >= 0.6 is 0 Å². The number of para-hydroxylation sites is 2. The molecular weight excluding hydrogens is 572 g/mol. The van der Waals surface area contributed by atoms with Crippen LogP contribution in [0.5, 0.6) is 0 Å². The van der Waals surface area contributed by atoms with Crippen LogP contribution in [0.15, 0.2) is 162 Å². The maximum Gasteiger partial charge on any atom is 0.136 e. The van der Waals surface area contributed by atoms with E-state index in [9.17, 15) is 5.48 Å². The minimum atomic E-state index is -0.540. The van der Waals surface area contributed by atoms with Crippen LogP contribution in [0.2, 0.25) is 0 Å². The summed E-state index contributed by atoms with van der Waals surface area (Å²) in [5, 5.41) is 5.79. The molecular formula is C44H26N2O. The van der Waals surface area contributed by atoms with Gasteiger partial charge in [-0.25, -0.2) is 0 Å². The Morgan fingerprint density at radius 1 is 0.426 bits per heavy atom. The lowest BCUT2D eigenvalue weighted by Crippen LogP contribution is -1.95. The van der Waals surface area contributed by atoms with Crippen molar-refractivity contribution < 1.29 is 16.8 Å². The van der Waals surface area contributed by atoms with Crippen molar-refractivity contribution in [1.29, 1.82) is 0 Å². The Bertz CT molecular complexity index is 3580. The molecule has 11 rings (SSSR count). The summed E-state index contributed by atoms with van der Waals surface area (Å²) in [6, 6.07) is 31.1. The summed E-state index contributed by atoms with van der Waals surface area (Å²) in [6.07, 6.45) is 0. The van der Waals surface area contributed by atoms with Crippen molar-refractivity contribution >= 4 is 87.1 Å². The van der Waals surface area contributed by atoms with Gasteiger partial charge in [-0.2, -0.15) is 0 Å². The van der Waals surface area contributed by atoms with Crippen molar-refractivity contribution in [2.24, 2.45) is 0 Å². The van der Waals surface area contributed by atoms with Gasteiger partial charge >= 0.3 is 0 Å². The van der Waals surface area contributed by atoms with Crippen LogP contribution in [0.25, 0.3) is 98.5 Å². The minimum Gasteiger partial charge on any atom is -0.456 e. The van der Waals surface area contributed by atoms with Crippen molar-refractivity contribution in [1.82, 2.24) is 9.13 Å². The molecule has 3 aromatic heterocycles. The number of hydrogen-bond acceptors (Lipinski definition) is 1. The second kappa shape index (κ2) is 9.12. The molecule has 8 aromatic carbocycles. The molecule has 3 nitrogen and oxygen atoms in total. The normalized spacial score (nSPS) is 14.9. The fourth-order valence-corrected chi connectivity index (χ4v) is 7.31. The van der Waals surface area contributed by atoms with Crippen LogP contribution in [0.1, 0.15) is 12.3 Å². The van der Waals surface area contributed by atoms with E-state index in [1.54, 1.807) is 0 Å². The first-order valence-corrected chi connectivity index (χ1v) is 15.4. The second-order valence-corrected chi connectivity index (χ2v) is 11.8. The van der Waals surface area contributed by atoms with Crippen LogP contribution < -0.4 is 0 Å². The molecule has 0 aliphatic heterocycles. The largest absolute Gasteiger partial charge is 0.456 e. The van der Waals surface area contributed by atoms with Crippen LogP contribution in [-0.2, 0) is 0 Å². The zero-order chi connectivity index (χ0) is 38.5. The maximum atomic E-state index is 9.78. The van der Waals surface area contributed by atoms with Gasteiger partial charge in [0, 0.05) is 43.7 Å². The predicted octanol–water partition coefficient (Wildman–Crippen LogP) is 12.1. The summed E-state index contributed by atoms with van der Waals surface area (Å²) >= 11 is 0. The van der Waals surface area contributed by atoms with Crippen LogP contribution in [0.4, 0.5) is 0 Å². The molecule has 218 valence electrons. The first-order chi connectivity index (χ1) is 27.1. The zero-order valence-corrected chi connectivity index (χ0v) is 24.6. The fraction of sp³-hybridized carbons (Fsp3) is 0. The van der Waals surface area contributed by atoms with Crippen molar-refractivity contribution in [2.75, 3.05) is 0 Å². The molecule has 0 unspecified atom stereocenters. The van der Waals surface area contributed by atoms with Gasteiger partial charge in [-0.1, -0.05) is 90.9 Å². The molecule has 3 heteroatoms. The molecule has 0 bridgehead atoms. The molecule has 47 heavy (non-hydrogen) atoms. The van der Waals surface area contributed by atoms with E-state index in [2.05, 4.69) is 53.1 Å². The Hall–Kier alpha value is -6.32. The number of benzene rings is 8. The van der Waals surface area contributed by atoms with Crippen LogP contribution in [0.3, 0.4) is 0 Å². The molecule has 3 heterocycles. The Morgan fingerprint density at radius 3 is 2.04 bits per heavy atom. The molecule has 0 amide bonds. The number of aromatic nitrogens is 2. The van der Waals surface area contributed by atoms with Gasteiger partial charge in [0.25, 0.3) is 0 Å². The van der Waals surface area contributed by atoms with Gasteiger partial charge in [-0.15, -0.1) is 0 Å². The van der Waals surface area contributed by atoms with Crippen molar-refractivity contribution in [3.05, 3.63) is 158 Å². The summed E-state index contributed by atoms with van der Waals surface area (Å²) in [7, 11) is 0. The Morgan fingerprint density at radius 2 is 1.15 bits per heavy atom. The van der Waals surface area contributed by atoms with Gasteiger partial charge in [-0.3, -0.25) is 0 Å². The molecule has 0 N–H and O–H groups in total. The van der Waals surface area contributed by atoms with Crippen molar-refractivity contribution in [3.8, 4) is 11.4 Å². The average molecular weight is 608 g/mol. The number of rotatable bonds is 2. The minimum absolute atomic E-state index is 0.0125. The number of hydrogen-bond donors (Lipinski definition) is 0. The van der Waals surface area contributed by atoms with E-state index in [4.69, 9.17) is 11.3 Å². The zero-order valence-electron chi connectivity index (χ0n) is 33.6. The molecule has 0 atom stereocenters. The topological polar surface area (TPSA) is 23.0 Å². The van der Waals surface area contributed by atoms with Crippen molar-refractivity contribution in [2.45, 2.75) is 0 Å². The molecule has 0 fully saturated rings. The van der Waals surface area contributed by atoms with E-state index in [-0.39, 0.29) is 68.6 Å². The molecule has 0 saturated carbocycles. The predicted molar refractivity (Wildman–Crippen MR) is 197 cm³/mol. The van der Waals surface area contributed by atoms with Gasteiger partial charge in [0.1, 0.15) is 11.2 Å².